The molecule has 1 rings (SSSR count). The molecule has 31 heavy (non-hydrogen) atoms. The largest absolute Gasteiger partial charge is 0.545 e. The number of benzene rings is 1. The topological polar surface area (TPSA) is 75.7 Å². The van der Waals surface area contributed by atoms with Gasteiger partial charge in [-0.25, -0.2) is 0 Å². The van der Waals surface area contributed by atoms with Crippen molar-refractivity contribution in [2.75, 3.05) is 6.61 Å². The van der Waals surface area contributed by atoms with E-state index >= 15 is 0 Å². The van der Waals surface area contributed by atoms with E-state index in [4.69, 9.17) is 4.74 Å². The molecule has 0 aliphatic carbocycles. The third-order valence-corrected chi connectivity index (χ3v) is 3.79. The van der Waals surface area contributed by atoms with Gasteiger partial charge in [0, 0.05) is 12.0 Å². The number of alkyl halides is 9. The minimum atomic E-state index is -7.09. The molecule has 0 fully saturated rings. The van der Waals surface area contributed by atoms with Gasteiger partial charge in [-0.2, -0.15) is 39.5 Å². The van der Waals surface area contributed by atoms with E-state index in [1.165, 1.54) is 0 Å². The number of carbonyl (C=O) groups excluding carboxylic acids is 2. The Labute approximate surface area is 168 Å². The van der Waals surface area contributed by atoms with Crippen LogP contribution in [0.4, 0.5) is 39.5 Å². The minimum absolute atomic E-state index is 0.352. The van der Waals surface area contributed by atoms with Crippen LogP contribution in [0.5, 0.6) is 5.75 Å². The van der Waals surface area contributed by atoms with Crippen molar-refractivity contribution in [3.05, 3.63) is 29.8 Å². The normalized spacial score (nSPS) is 14.1. The molecule has 0 aromatic heterocycles. The Morgan fingerprint density at radius 1 is 1.00 bits per heavy atom. The average molecular weight is 469 g/mol. The molecule has 0 N–H and O–H groups in total. The lowest BCUT2D eigenvalue weighted by Gasteiger charge is -2.35. The molecular weight excluding hydrogens is 455 g/mol. The smallest absolute Gasteiger partial charge is 0.460 e. The molecule has 1 aromatic carbocycles. The number of aromatic carboxylic acids is 1. The van der Waals surface area contributed by atoms with Crippen molar-refractivity contribution in [1.29, 1.82) is 0 Å². The van der Waals surface area contributed by atoms with E-state index in [-0.39, 0.29) is 5.75 Å². The maximum absolute atomic E-state index is 13.9. The van der Waals surface area contributed by atoms with Crippen LogP contribution in [-0.2, 0) is 9.53 Å². The van der Waals surface area contributed by atoms with Gasteiger partial charge in [-0.15, -0.1) is 0 Å². The predicted molar refractivity (Wildman–Crippen MR) is 82.0 cm³/mol. The summed E-state index contributed by atoms with van der Waals surface area (Å²) in [6.45, 7) is -0.0281. The van der Waals surface area contributed by atoms with Crippen molar-refractivity contribution >= 4 is 11.9 Å². The van der Waals surface area contributed by atoms with E-state index in [1.807, 2.05) is 0 Å². The van der Waals surface area contributed by atoms with Gasteiger partial charge in [0.05, 0.1) is 12.4 Å². The maximum atomic E-state index is 13.9. The molecular formula is C17H14F9O5-. The van der Waals surface area contributed by atoms with Crippen LogP contribution in [0.15, 0.2) is 24.3 Å². The molecule has 14 heteroatoms. The first kappa shape index (κ1) is 26.4. The maximum Gasteiger partial charge on any atom is 0.460 e. The molecule has 0 saturated carbocycles. The zero-order valence-electron chi connectivity index (χ0n) is 15.5. The summed E-state index contributed by atoms with van der Waals surface area (Å²) in [4.78, 5) is 22.1. The lowest BCUT2D eigenvalue weighted by atomic mass is 9.98. The Balaban J connectivity index is 3.11. The van der Waals surface area contributed by atoms with Crippen molar-refractivity contribution in [1.82, 2.24) is 0 Å². The third kappa shape index (κ3) is 5.94. The molecule has 5 nitrogen and oxygen atoms in total. The molecule has 0 radical (unpaired) electrons. The first-order valence-corrected chi connectivity index (χ1v) is 8.30. The van der Waals surface area contributed by atoms with E-state index in [9.17, 15) is 54.2 Å². The highest BCUT2D eigenvalue weighted by atomic mass is 19.4. The van der Waals surface area contributed by atoms with Crippen LogP contribution < -0.4 is 9.84 Å². The van der Waals surface area contributed by atoms with Gasteiger partial charge < -0.3 is 19.4 Å². The number of carboxylic acids is 1. The Bertz CT molecular complexity index is 792. The Morgan fingerprint density at radius 3 is 2.06 bits per heavy atom. The van der Waals surface area contributed by atoms with Crippen molar-refractivity contribution in [3.63, 3.8) is 0 Å². The molecule has 176 valence electrons. The van der Waals surface area contributed by atoms with Crippen LogP contribution in [0, 0.1) is 0 Å². The molecule has 0 spiro atoms. The summed E-state index contributed by atoms with van der Waals surface area (Å²) in [5.41, 5.74) is -0.443. The molecule has 0 heterocycles. The minimum Gasteiger partial charge on any atom is -0.545 e. The first-order chi connectivity index (χ1) is 14.0. The van der Waals surface area contributed by atoms with Crippen molar-refractivity contribution < 1.29 is 63.7 Å². The Kier molecular flexibility index (Phi) is 7.84. The van der Waals surface area contributed by atoms with E-state index in [0.29, 0.717) is 0 Å². The van der Waals surface area contributed by atoms with Crippen molar-refractivity contribution in [2.45, 2.75) is 49.8 Å². The molecule has 0 saturated heterocycles. The van der Waals surface area contributed by atoms with Gasteiger partial charge in [0.15, 0.2) is 0 Å². The highest BCUT2D eigenvalue weighted by Crippen LogP contribution is 2.54. The fourth-order valence-corrected chi connectivity index (χ4v) is 2.13. The summed E-state index contributed by atoms with van der Waals surface area (Å²) in [6.07, 6.45) is -12.3. The van der Waals surface area contributed by atoms with E-state index in [0.717, 1.165) is 31.2 Å². The molecule has 1 unspecified atom stereocenters. The number of ether oxygens (including phenoxy) is 2. The van der Waals surface area contributed by atoms with E-state index in [2.05, 4.69) is 4.74 Å². The fourth-order valence-electron chi connectivity index (χ4n) is 2.13. The van der Waals surface area contributed by atoms with Crippen LogP contribution >= 0.6 is 0 Å². The molecule has 0 amide bonds. The number of carboxylic acid groups (broad SMARTS) is 1. The number of rotatable bonds is 10. The quantitative estimate of drug-likeness (QED) is 0.387. The molecule has 0 bridgehead atoms. The van der Waals surface area contributed by atoms with Crippen molar-refractivity contribution in [3.8, 4) is 5.75 Å². The molecule has 1 atom stereocenters. The second-order valence-corrected chi connectivity index (χ2v) is 6.15. The summed E-state index contributed by atoms with van der Waals surface area (Å²) >= 11 is 0. The lowest BCUT2D eigenvalue weighted by molar-refractivity contribution is -0.398. The SMILES string of the molecule is CCC(=O)OC(COc1cccc(C(=O)[O-])c1)CC(F)(F)C(F)(F)C(F)(F)C(F)(F)F. The van der Waals surface area contributed by atoms with Crippen LogP contribution in [0.25, 0.3) is 0 Å². The zero-order valence-corrected chi connectivity index (χ0v) is 15.5. The number of carbonyl (C=O) groups is 2. The number of hydrogen-bond donors (Lipinski definition) is 0. The van der Waals surface area contributed by atoms with E-state index in [1.54, 1.807) is 0 Å². The van der Waals surface area contributed by atoms with E-state index < -0.39 is 67.0 Å². The standard InChI is InChI=1S/C17H15F9O5/c1-2-12(27)31-11(8-30-10-5-3-4-9(6-10)13(28)29)7-14(18,19)15(20,21)16(22,23)17(24,25)26/h3-6,11H,2,7-8H2,1H3,(H,28,29)/p-1. The van der Waals surface area contributed by atoms with Crippen molar-refractivity contribution in [2.24, 2.45) is 0 Å². The van der Waals surface area contributed by atoms with Gasteiger partial charge >= 0.3 is 29.9 Å². The van der Waals surface area contributed by atoms with Gasteiger partial charge in [0.2, 0.25) is 0 Å². The summed E-state index contributed by atoms with van der Waals surface area (Å²) in [7, 11) is 0. The van der Waals surface area contributed by atoms with Crippen LogP contribution in [0.3, 0.4) is 0 Å². The number of hydrogen-bond acceptors (Lipinski definition) is 5. The molecule has 1 aromatic rings. The Morgan fingerprint density at radius 2 is 1.58 bits per heavy atom. The predicted octanol–water partition coefficient (Wildman–Crippen LogP) is 3.61. The summed E-state index contributed by atoms with van der Waals surface area (Å²) in [5.74, 6) is -23.2. The summed E-state index contributed by atoms with van der Waals surface area (Å²) in [6, 6.07) is 4.05. The monoisotopic (exact) mass is 469 g/mol. The highest BCUT2D eigenvalue weighted by Gasteiger charge is 2.81. The highest BCUT2D eigenvalue weighted by molar-refractivity contribution is 5.86. The van der Waals surface area contributed by atoms with Gasteiger partial charge in [-0.3, -0.25) is 4.79 Å². The van der Waals surface area contributed by atoms with Gasteiger partial charge in [0.1, 0.15) is 18.5 Å². The van der Waals surface area contributed by atoms with Crippen LogP contribution in [-0.4, -0.2) is 48.6 Å². The third-order valence-electron chi connectivity index (χ3n) is 3.79. The first-order valence-electron chi connectivity index (χ1n) is 8.30. The molecule has 0 aliphatic heterocycles. The fraction of sp³-hybridized carbons (Fsp3) is 0.529. The lowest BCUT2D eigenvalue weighted by Crippen LogP contribution is -2.61. The second-order valence-electron chi connectivity index (χ2n) is 6.15. The summed E-state index contributed by atoms with van der Waals surface area (Å²) in [5, 5.41) is 10.8. The van der Waals surface area contributed by atoms with Crippen LogP contribution in [0.2, 0.25) is 0 Å². The Hall–Kier alpha value is -2.67. The summed E-state index contributed by atoms with van der Waals surface area (Å²) < 4.78 is 127. The number of esters is 1. The van der Waals surface area contributed by atoms with Gasteiger partial charge in [-0.1, -0.05) is 19.1 Å². The average Bonchev–Trinajstić information content (AvgIpc) is 2.64. The zero-order chi connectivity index (χ0) is 24.3. The van der Waals surface area contributed by atoms with Gasteiger partial charge in [-0.05, 0) is 12.1 Å². The number of halogens is 9. The van der Waals surface area contributed by atoms with Crippen LogP contribution in [0.1, 0.15) is 30.1 Å². The van der Waals surface area contributed by atoms with Gasteiger partial charge in [0.25, 0.3) is 0 Å². The molecule has 0 aliphatic rings. The second kappa shape index (κ2) is 9.22.